The molecule has 8 heteroatoms. The molecule has 0 aliphatic carbocycles. The van der Waals surface area contributed by atoms with Crippen LogP contribution in [0.25, 0.3) is 11.0 Å². The first-order valence-electron chi connectivity index (χ1n) is 9.14. The van der Waals surface area contributed by atoms with Crippen molar-refractivity contribution in [2.45, 2.75) is 18.6 Å². The van der Waals surface area contributed by atoms with Crippen LogP contribution in [0.3, 0.4) is 0 Å². The third-order valence-electron chi connectivity index (χ3n) is 4.54. The number of Topliss-reactive ketones (excluding diaryl/α,β-unsaturated/α-hetero) is 1. The van der Waals surface area contributed by atoms with E-state index in [1.807, 2.05) is 6.07 Å². The van der Waals surface area contributed by atoms with E-state index in [9.17, 15) is 19.2 Å². The highest BCUT2D eigenvalue weighted by molar-refractivity contribution is 8.16. The van der Waals surface area contributed by atoms with Crippen LogP contribution < -0.4 is 10.9 Å². The molecule has 0 spiro atoms. The van der Waals surface area contributed by atoms with Crippen LogP contribution in [-0.2, 0) is 9.59 Å². The molecule has 1 unspecified atom stereocenters. The summed E-state index contributed by atoms with van der Waals surface area (Å²) >= 11 is 1.07. The maximum atomic E-state index is 12.4. The fourth-order valence-corrected chi connectivity index (χ4v) is 4.11. The van der Waals surface area contributed by atoms with E-state index in [-0.39, 0.29) is 28.7 Å². The molecule has 2 amide bonds. The van der Waals surface area contributed by atoms with E-state index in [4.69, 9.17) is 4.42 Å². The Balaban J connectivity index is 1.47. The van der Waals surface area contributed by atoms with Crippen molar-refractivity contribution in [3.8, 4) is 0 Å². The van der Waals surface area contributed by atoms with Crippen molar-refractivity contribution in [3.63, 3.8) is 0 Å². The topological polar surface area (TPSA) is 106 Å². The second-order valence-corrected chi connectivity index (χ2v) is 7.93. The van der Waals surface area contributed by atoms with Crippen LogP contribution in [0.4, 0.5) is 5.69 Å². The van der Waals surface area contributed by atoms with Gasteiger partial charge in [0.25, 0.3) is 5.91 Å². The summed E-state index contributed by atoms with van der Waals surface area (Å²) in [5.41, 5.74) is 1.01. The molecule has 1 atom stereocenters. The molecule has 0 radical (unpaired) electrons. The normalized spacial score (nSPS) is 15.8. The van der Waals surface area contributed by atoms with Crippen LogP contribution >= 0.6 is 11.8 Å². The SMILES string of the molecule is CC(=O)c1cccc(NC(=O)CC2SC(c3cc4ccccc4oc3=O)=NC2=O)c1. The summed E-state index contributed by atoms with van der Waals surface area (Å²) in [6, 6.07) is 15.3. The Labute approximate surface area is 175 Å². The molecule has 1 aliphatic heterocycles. The van der Waals surface area contributed by atoms with Gasteiger partial charge in [-0.2, -0.15) is 0 Å². The number of carbonyl (C=O) groups is 3. The van der Waals surface area contributed by atoms with Gasteiger partial charge in [0.2, 0.25) is 5.91 Å². The maximum Gasteiger partial charge on any atom is 0.346 e. The fourth-order valence-electron chi connectivity index (χ4n) is 3.04. The van der Waals surface area contributed by atoms with Crippen molar-refractivity contribution in [1.29, 1.82) is 0 Å². The summed E-state index contributed by atoms with van der Waals surface area (Å²) in [5.74, 6) is -0.973. The number of para-hydroxylation sites is 1. The first-order chi connectivity index (χ1) is 14.4. The molecule has 0 saturated heterocycles. The smallest absolute Gasteiger partial charge is 0.346 e. The Morgan fingerprint density at radius 3 is 2.70 bits per heavy atom. The third kappa shape index (κ3) is 4.08. The van der Waals surface area contributed by atoms with Crippen molar-refractivity contribution in [1.82, 2.24) is 0 Å². The molecular formula is C22H16N2O5S. The zero-order valence-electron chi connectivity index (χ0n) is 15.9. The van der Waals surface area contributed by atoms with E-state index in [0.29, 0.717) is 16.8 Å². The molecule has 2 aromatic carbocycles. The van der Waals surface area contributed by atoms with Crippen LogP contribution in [0, 0.1) is 0 Å². The van der Waals surface area contributed by atoms with Gasteiger partial charge in [0.15, 0.2) is 5.78 Å². The zero-order chi connectivity index (χ0) is 21.3. The summed E-state index contributed by atoms with van der Waals surface area (Å²) < 4.78 is 5.30. The number of aliphatic imine (C=N–C) groups is 1. The van der Waals surface area contributed by atoms with Crippen LogP contribution in [-0.4, -0.2) is 27.9 Å². The van der Waals surface area contributed by atoms with Crippen LogP contribution in [0.1, 0.15) is 29.3 Å². The minimum absolute atomic E-state index is 0.111. The molecule has 2 heterocycles. The second kappa shape index (κ2) is 8.08. The second-order valence-electron chi connectivity index (χ2n) is 6.74. The van der Waals surface area contributed by atoms with Crippen molar-refractivity contribution in [2.75, 3.05) is 5.32 Å². The molecule has 30 heavy (non-hydrogen) atoms. The number of carbonyl (C=O) groups excluding carboxylic acids is 3. The molecule has 7 nitrogen and oxygen atoms in total. The number of fused-ring (bicyclic) bond motifs is 1. The van der Waals surface area contributed by atoms with Gasteiger partial charge >= 0.3 is 5.63 Å². The Hall–Kier alpha value is -3.52. The largest absolute Gasteiger partial charge is 0.422 e. The number of anilines is 1. The Morgan fingerprint density at radius 1 is 1.10 bits per heavy atom. The predicted octanol–water partition coefficient (Wildman–Crippen LogP) is 3.41. The molecule has 1 aliphatic rings. The highest BCUT2D eigenvalue weighted by Crippen LogP contribution is 2.29. The lowest BCUT2D eigenvalue weighted by atomic mass is 10.1. The third-order valence-corrected chi connectivity index (χ3v) is 5.72. The van der Waals surface area contributed by atoms with Gasteiger partial charge in [-0.1, -0.05) is 42.1 Å². The summed E-state index contributed by atoms with van der Waals surface area (Å²) in [5, 5.41) is 2.92. The molecule has 4 rings (SSSR count). The van der Waals surface area contributed by atoms with Gasteiger partial charge in [-0.15, -0.1) is 0 Å². The van der Waals surface area contributed by atoms with Gasteiger partial charge in [-0.3, -0.25) is 14.4 Å². The van der Waals surface area contributed by atoms with Crippen LogP contribution in [0.2, 0.25) is 0 Å². The minimum Gasteiger partial charge on any atom is -0.422 e. The number of nitrogens with one attached hydrogen (secondary N) is 1. The molecule has 1 aromatic heterocycles. The maximum absolute atomic E-state index is 12.4. The van der Waals surface area contributed by atoms with Crippen molar-refractivity contribution >= 4 is 51.1 Å². The molecule has 0 saturated carbocycles. The van der Waals surface area contributed by atoms with Crippen molar-refractivity contribution < 1.29 is 18.8 Å². The Morgan fingerprint density at radius 2 is 1.90 bits per heavy atom. The average Bonchev–Trinajstić information content (AvgIpc) is 3.07. The fraction of sp³-hybridized carbons (Fsp3) is 0.136. The first kappa shape index (κ1) is 19.8. The van der Waals surface area contributed by atoms with E-state index in [1.54, 1.807) is 48.5 Å². The zero-order valence-corrected chi connectivity index (χ0v) is 16.7. The summed E-state index contributed by atoms with van der Waals surface area (Å²) in [6.07, 6.45) is -0.111. The molecule has 0 bridgehead atoms. The molecular weight excluding hydrogens is 404 g/mol. The van der Waals surface area contributed by atoms with Crippen molar-refractivity contribution in [3.05, 3.63) is 76.1 Å². The highest BCUT2D eigenvalue weighted by Gasteiger charge is 2.32. The quantitative estimate of drug-likeness (QED) is 0.501. The number of benzene rings is 2. The molecule has 3 aromatic rings. The number of ketones is 1. The van der Waals surface area contributed by atoms with E-state index < -0.39 is 16.8 Å². The number of thioether (sulfide) groups is 1. The van der Waals surface area contributed by atoms with E-state index in [0.717, 1.165) is 17.1 Å². The number of nitrogens with zero attached hydrogens (tertiary/aromatic N) is 1. The summed E-state index contributed by atoms with van der Waals surface area (Å²) in [6.45, 7) is 1.44. The summed E-state index contributed by atoms with van der Waals surface area (Å²) in [7, 11) is 0. The van der Waals surface area contributed by atoms with Crippen LogP contribution in [0.5, 0.6) is 0 Å². The Bertz CT molecular complexity index is 1280. The number of hydrogen-bond donors (Lipinski definition) is 1. The predicted molar refractivity (Wildman–Crippen MR) is 115 cm³/mol. The lowest BCUT2D eigenvalue weighted by Crippen LogP contribution is -2.21. The van der Waals surface area contributed by atoms with E-state index >= 15 is 0 Å². The highest BCUT2D eigenvalue weighted by atomic mass is 32.2. The first-order valence-corrected chi connectivity index (χ1v) is 10.0. The van der Waals surface area contributed by atoms with Gasteiger partial charge in [-0.25, -0.2) is 9.79 Å². The number of hydrogen-bond acceptors (Lipinski definition) is 6. The molecule has 1 N–H and O–H groups in total. The average molecular weight is 420 g/mol. The van der Waals surface area contributed by atoms with Gasteiger partial charge in [0.05, 0.1) is 5.56 Å². The van der Waals surface area contributed by atoms with Gasteiger partial charge in [0, 0.05) is 23.1 Å². The molecule has 150 valence electrons. The monoisotopic (exact) mass is 420 g/mol. The van der Waals surface area contributed by atoms with Crippen LogP contribution in [0.15, 0.2) is 68.8 Å². The van der Waals surface area contributed by atoms with Gasteiger partial charge < -0.3 is 9.73 Å². The van der Waals surface area contributed by atoms with Gasteiger partial charge in [0.1, 0.15) is 15.9 Å². The van der Waals surface area contributed by atoms with E-state index in [1.165, 1.54) is 6.92 Å². The minimum atomic E-state index is -0.734. The number of rotatable bonds is 5. The standard InChI is InChI=1S/C22H16N2O5S/c1-12(25)13-6-4-7-15(9-13)23-19(26)11-18-20(27)24-21(30-18)16-10-14-5-2-3-8-17(14)29-22(16)28/h2-10,18H,11H2,1H3,(H,23,26). The number of amides is 2. The van der Waals surface area contributed by atoms with Crippen molar-refractivity contribution in [2.24, 2.45) is 4.99 Å². The van der Waals surface area contributed by atoms with E-state index in [2.05, 4.69) is 10.3 Å². The summed E-state index contributed by atoms with van der Waals surface area (Å²) in [4.78, 5) is 52.4. The molecule has 0 fully saturated rings. The lowest BCUT2D eigenvalue weighted by molar-refractivity contribution is -0.121. The lowest BCUT2D eigenvalue weighted by Gasteiger charge is -2.09. The van der Waals surface area contributed by atoms with Gasteiger partial charge in [-0.05, 0) is 31.2 Å². The Kier molecular flexibility index (Phi) is 5.33.